The van der Waals surface area contributed by atoms with Crippen molar-refractivity contribution in [2.45, 2.75) is 54.9 Å². The van der Waals surface area contributed by atoms with Gasteiger partial charge in [-0.1, -0.05) is 18.5 Å². The second-order valence-electron chi connectivity index (χ2n) is 9.42. The van der Waals surface area contributed by atoms with E-state index in [1.165, 1.54) is 30.2 Å². The van der Waals surface area contributed by atoms with Crippen molar-refractivity contribution in [1.29, 1.82) is 0 Å². The molecule has 1 saturated heterocycles. The minimum atomic E-state index is -5.08. The molecule has 6 rings (SSSR count). The van der Waals surface area contributed by atoms with Crippen molar-refractivity contribution < 1.29 is 23.1 Å². The number of carbonyl (C=O) groups is 1. The van der Waals surface area contributed by atoms with Crippen LogP contribution in [-0.4, -0.2) is 61.3 Å². The van der Waals surface area contributed by atoms with Gasteiger partial charge in [0.1, 0.15) is 11.3 Å². The predicted octanol–water partition coefficient (Wildman–Crippen LogP) is 4.44. The molecule has 0 amide bonds. The normalized spacial score (nSPS) is 19.5. The highest BCUT2D eigenvalue weighted by Crippen LogP contribution is 2.54. The molecule has 1 saturated carbocycles. The molecular weight excluding hydrogens is 543 g/mol. The highest BCUT2D eigenvalue weighted by molar-refractivity contribution is 7.99. The Morgan fingerprint density at radius 1 is 1.26 bits per heavy atom. The summed E-state index contributed by atoms with van der Waals surface area (Å²) in [5.41, 5.74) is 11.4. The van der Waals surface area contributed by atoms with E-state index in [1.54, 1.807) is 18.6 Å². The first-order valence-electron chi connectivity index (χ1n) is 11.8. The zero-order valence-corrected chi connectivity index (χ0v) is 21.7. The lowest BCUT2D eigenvalue weighted by atomic mass is 10.0. The molecular formula is C24H23ClF3N7O2S. The Morgan fingerprint density at radius 3 is 2.61 bits per heavy atom. The van der Waals surface area contributed by atoms with Crippen LogP contribution in [0.5, 0.6) is 0 Å². The Bertz CT molecular complexity index is 1450. The molecule has 0 radical (unpaired) electrons. The molecule has 3 aliphatic rings. The summed E-state index contributed by atoms with van der Waals surface area (Å²) in [6, 6.07) is 2.16. The van der Waals surface area contributed by atoms with Gasteiger partial charge in [-0.2, -0.15) is 13.2 Å². The smallest absolute Gasteiger partial charge is 0.475 e. The Labute approximate surface area is 224 Å². The molecule has 1 atom stereocenters. The Kier molecular flexibility index (Phi) is 6.95. The number of nitrogens with zero attached hydrogens (tertiary/aromatic N) is 6. The summed E-state index contributed by atoms with van der Waals surface area (Å²) < 4.78 is 31.7. The van der Waals surface area contributed by atoms with Gasteiger partial charge in [-0.15, -0.1) is 0 Å². The molecule has 200 valence electrons. The molecule has 3 aromatic heterocycles. The third-order valence-electron chi connectivity index (χ3n) is 6.93. The molecule has 3 N–H and O–H groups in total. The zero-order valence-electron chi connectivity index (χ0n) is 20.2. The number of carboxylic acids is 1. The highest BCUT2D eigenvalue weighted by Gasteiger charge is 2.54. The van der Waals surface area contributed by atoms with Crippen molar-refractivity contribution in [3.8, 4) is 0 Å². The van der Waals surface area contributed by atoms with E-state index < -0.39 is 12.1 Å². The number of aromatic nitrogens is 5. The van der Waals surface area contributed by atoms with Gasteiger partial charge in [-0.05, 0) is 42.7 Å². The van der Waals surface area contributed by atoms with Crippen LogP contribution in [0.2, 0.25) is 0 Å². The molecule has 1 unspecified atom stereocenters. The van der Waals surface area contributed by atoms with Crippen LogP contribution in [0.15, 0.2) is 40.3 Å². The number of fused-ring (bicyclic) bond motifs is 2. The largest absolute Gasteiger partial charge is 0.490 e. The van der Waals surface area contributed by atoms with Crippen molar-refractivity contribution >= 4 is 51.3 Å². The summed E-state index contributed by atoms with van der Waals surface area (Å²) in [6.07, 6.45) is 4.13. The average molecular weight is 566 g/mol. The average Bonchev–Trinajstić information content (AvgIpc) is 3.49. The van der Waals surface area contributed by atoms with E-state index in [2.05, 4.69) is 26.8 Å². The maximum atomic E-state index is 10.6. The number of anilines is 1. The van der Waals surface area contributed by atoms with Crippen LogP contribution in [0.1, 0.15) is 37.4 Å². The number of aliphatic carboxylic acids is 1. The maximum Gasteiger partial charge on any atom is 0.490 e. The Balaban J connectivity index is 0.000000374. The lowest BCUT2D eigenvalue weighted by Gasteiger charge is -2.21. The molecule has 0 aromatic carbocycles. The van der Waals surface area contributed by atoms with Gasteiger partial charge in [0, 0.05) is 54.5 Å². The van der Waals surface area contributed by atoms with Crippen molar-refractivity contribution in [2.75, 3.05) is 18.0 Å². The number of halogens is 4. The standard InChI is InChI=1S/C22H22ClN7S.C2HF3O2/c1-2-12-7-14-17(18(12)23)20(30-10-16(24)22(11-30)3-4-22)29-21(28-14)31-13-8-15-19(27-9-13)26-6-5-25-15;3-2(4,5)1(6)7/h5-6,8-9,16H,2-4,7,10-11,24H2,1H3;(H,6,7). The molecule has 2 aliphatic carbocycles. The van der Waals surface area contributed by atoms with Gasteiger partial charge in [0.25, 0.3) is 0 Å². The minimum Gasteiger partial charge on any atom is -0.475 e. The molecule has 3 aromatic rings. The van der Waals surface area contributed by atoms with Crippen LogP contribution in [-0.2, 0) is 11.2 Å². The van der Waals surface area contributed by atoms with Crippen LogP contribution in [0, 0.1) is 5.41 Å². The molecule has 9 nitrogen and oxygen atoms in total. The Morgan fingerprint density at radius 2 is 1.97 bits per heavy atom. The number of hydrogen-bond acceptors (Lipinski definition) is 9. The van der Waals surface area contributed by atoms with E-state index >= 15 is 0 Å². The second kappa shape index (κ2) is 9.93. The number of pyridine rings is 1. The lowest BCUT2D eigenvalue weighted by Crippen LogP contribution is -2.30. The molecule has 38 heavy (non-hydrogen) atoms. The van der Waals surface area contributed by atoms with E-state index in [0.29, 0.717) is 10.8 Å². The van der Waals surface area contributed by atoms with Crippen LogP contribution in [0.25, 0.3) is 16.2 Å². The summed E-state index contributed by atoms with van der Waals surface area (Å²) >= 11 is 8.30. The second-order valence-corrected chi connectivity index (χ2v) is 10.8. The van der Waals surface area contributed by atoms with Crippen molar-refractivity contribution in [2.24, 2.45) is 11.1 Å². The number of carboxylic acid groups (broad SMARTS) is 1. The van der Waals surface area contributed by atoms with E-state index in [1.807, 2.05) is 6.07 Å². The number of hydrogen-bond donors (Lipinski definition) is 2. The topological polar surface area (TPSA) is 131 Å². The summed E-state index contributed by atoms with van der Waals surface area (Å²) in [7, 11) is 0. The number of nitrogens with two attached hydrogens (primary N) is 1. The maximum absolute atomic E-state index is 10.6. The SMILES string of the molecule is CCC1=C(Cl)c2c(nc(Sc3cnc4nccnc4c3)nc2N2CC(N)C3(CC3)C2)C1.O=C(O)C(F)(F)F. The molecule has 14 heteroatoms. The third-order valence-corrected chi connectivity index (χ3v) is 8.21. The van der Waals surface area contributed by atoms with Gasteiger partial charge >= 0.3 is 12.1 Å². The first-order chi connectivity index (χ1) is 18.0. The monoisotopic (exact) mass is 565 g/mol. The third kappa shape index (κ3) is 5.14. The van der Waals surface area contributed by atoms with Crippen molar-refractivity contribution in [3.63, 3.8) is 0 Å². The molecule has 2 fully saturated rings. The molecule has 4 heterocycles. The summed E-state index contributed by atoms with van der Waals surface area (Å²) in [6.45, 7) is 3.89. The molecule has 1 spiro atoms. The van der Waals surface area contributed by atoms with Gasteiger partial charge in [0.2, 0.25) is 0 Å². The van der Waals surface area contributed by atoms with Crippen molar-refractivity contribution in [3.05, 3.63) is 41.5 Å². The van der Waals surface area contributed by atoms with Crippen LogP contribution < -0.4 is 10.6 Å². The molecule has 1 aliphatic heterocycles. The van der Waals surface area contributed by atoms with Gasteiger partial charge in [-0.3, -0.25) is 4.98 Å². The van der Waals surface area contributed by atoms with Crippen LogP contribution in [0.3, 0.4) is 0 Å². The quantitative estimate of drug-likeness (QED) is 0.438. The van der Waals surface area contributed by atoms with E-state index in [4.69, 9.17) is 37.2 Å². The minimum absolute atomic E-state index is 0.187. The number of allylic oxidation sites excluding steroid dienone is 1. The summed E-state index contributed by atoms with van der Waals surface area (Å²) in [4.78, 5) is 35.0. The zero-order chi connectivity index (χ0) is 27.2. The van der Waals surface area contributed by atoms with Gasteiger partial charge < -0.3 is 15.7 Å². The fraction of sp³-hybridized carbons (Fsp3) is 0.417. The fourth-order valence-electron chi connectivity index (χ4n) is 4.68. The summed E-state index contributed by atoms with van der Waals surface area (Å²) in [5.74, 6) is -1.83. The molecule has 0 bridgehead atoms. The number of rotatable bonds is 4. The number of alkyl halides is 3. The van der Waals surface area contributed by atoms with Gasteiger partial charge in [0.05, 0.1) is 16.3 Å². The van der Waals surface area contributed by atoms with E-state index in [9.17, 15) is 13.2 Å². The van der Waals surface area contributed by atoms with Crippen LogP contribution >= 0.6 is 23.4 Å². The predicted molar refractivity (Wildman–Crippen MR) is 136 cm³/mol. The lowest BCUT2D eigenvalue weighted by molar-refractivity contribution is -0.192. The van der Waals surface area contributed by atoms with Gasteiger partial charge in [-0.25, -0.2) is 24.7 Å². The highest BCUT2D eigenvalue weighted by atomic mass is 35.5. The Hall–Kier alpha value is -3.03. The fourth-order valence-corrected chi connectivity index (χ4v) is 5.85. The van der Waals surface area contributed by atoms with E-state index in [0.717, 1.165) is 58.5 Å². The first kappa shape index (κ1) is 26.6. The van der Waals surface area contributed by atoms with Gasteiger partial charge in [0.15, 0.2) is 10.8 Å². The van der Waals surface area contributed by atoms with E-state index in [-0.39, 0.29) is 11.5 Å². The summed E-state index contributed by atoms with van der Waals surface area (Å²) in [5, 5.41) is 8.64. The first-order valence-corrected chi connectivity index (χ1v) is 13.0. The van der Waals surface area contributed by atoms with Crippen molar-refractivity contribution in [1.82, 2.24) is 24.9 Å². The van der Waals surface area contributed by atoms with Crippen LogP contribution in [0.4, 0.5) is 19.0 Å².